The maximum absolute atomic E-state index is 12.6. The van der Waals surface area contributed by atoms with E-state index in [1.165, 1.54) is 0 Å². The molecule has 0 aromatic heterocycles. The van der Waals surface area contributed by atoms with Gasteiger partial charge in [-0.3, -0.25) is 9.59 Å². The number of amides is 1. The van der Waals surface area contributed by atoms with Crippen LogP contribution in [0.5, 0.6) is 0 Å². The van der Waals surface area contributed by atoms with Gasteiger partial charge in [-0.05, 0) is 37.8 Å². The molecule has 0 N–H and O–H groups in total. The molecule has 130 valence electrons. The highest BCUT2D eigenvalue weighted by Gasteiger charge is 2.26. The molecular formula is C20H27NO3. The molecule has 0 radical (unpaired) electrons. The van der Waals surface area contributed by atoms with Gasteiger partial charge in [-0.2, -0.15) is 0 Å². The molecule has 4 heteroatoms. The molecule has 24 heavy (non-hydrogen) atoms. The third kappa shape index (κ3) is 4.70. The van der Waals surface area contributed by atoms with Crippen LogP contribution in [0.15, 0.2) is 36.4 Å². The zero-order valence-corrected chi connectivity index (χ0v) is 14.7. The molecule has 4 nitrogen and oxygen atoms in total. The molecule has 0 fully saturated rings. The second kappa shape index (κ2) is 9.26. The van der Waals surface area contributed by atoms with E-state index in [4.69, 9.17) is 4.74 Å². The Morgan fingerprint density at radius 2 is 2.00 bits per heavy atom. The lowest BCUT2D eigenvalue weighted by molar-refractivity contribution is -0.146. The fraction of sp³-hybridized carbons (Fsp3) is 0.500. The van der Waals surface area contributed by atoms with Crippen molar-refractivity contribution in [3.63, 3.8) is 0 Å². The van der Waals surface area contributed by atoms with Gasteiger partial charge in [0.1, 0.15) is 0 Å². The largest absolute Gasteiger partial charge is 0.466 e. The monoisotopic (exact) mass is 329 g/mol. The second-order valence-corrected chi connectivity index (χ2v) is 6.07. The van der Waals surface area contributed by atoms with E-state index in [9.17, 15) is 9.59 Å². The van der Waals surface area contributed by atoms with Gasteiger partial charge in [-0.1, -0.05) is 43.7 Å². The minimum atomic E-state index is -0.294. The van der Waals surface area contributed by atoms with E-state index >= 15 is 0 Å². The minimum absolute atomic E-state index is 0.140. The number of carbonyl (C=O) groups is 2. The molecule has 1 aromatic rings. The zero-order chi connectivity index (χ0) is 17.4. The number of nitrogens with zero attached hydrogens (tertiary/aromatic N) is 1. The molecule has 0 aliphatic carbocycles. The Balaban J connectivity index is 2.42. The van der Waals surface area contributed by atoms with E-state index in [1.54, 1.807) is 0 Å². The Hall–Kier alpha value is -2.10. The van der Waals surface area contributed by atoms with Gasteiger partial charge in [0.25, 0.3) is 0 Å². The lowest BCUT2D eigenvalue weighted by Gasteiger charge is -2.29. The first-order valence-electron chi connectivity index (χ1n) is 8.91. The molecular weight excluding hydrogens is 302 g/mol. The van der Waals surface area contributed by atoms with Crippen molar-refractivity contribution < 1.29 is 14.3 Å². The normalized spacial score (nSPS) is 20.8. The second-order valence-electron chi connectivity index (χ2n) is 6.07. The predicted molar refractivity (Wildman–Crippen MR) is 95.0 cm³/mol. The van der Waals surface area contributed by atoms with Crippen molar-refractivity contribution in [1.82, 2.24) is 4.90 Å². The molecule has 0 saturated heterocycles. The van der Waals surface area contributed by atoms with Crippen molar-refractivity contribution in [2.45, 2.75) is 46.0 Å². The van der Waals surface area contributed by atoms with Crippen LogP contribution < -0.4 is 0 Å². The van der Waals surface area contributed by atoms with Crippen LogP contribution in [-0.2, 0) is 14.3 Å². The van der Waals surface area contributed by atoms with Crippen LogP contribution >= 0.6 is 0 Å². The summed E-state index contributed by atoms with van der Waals surface area (Å²) in [4.78, 5) is 26.8. The van der Waals surface area contributed by atoms with Crippen molar-refractivity contribution >= 4 is 17.6 Å². The number of benzene rings is 1. The smallest absolute Gasteiger partial charge is 0.312 e. The first-order valence-corrected chi connectivity index (χ1v) is 8.91. The zero-order valence-electron chi connectivity index (χ0n) is 14.7. The summed E-state index contributed by atoms with van der Waals surface area (Å²) in [6, 6.07) is 9.84. The Bertz CT molecular complexity index is 580. The van der Waals surface area contributed by atoms with Crippen molar-refractivity contribution in [2.75, 3.05) is 13.2 Å². The average Bonchev–Trinajstić information content (AvgIpc) is 2.58. The SMILES string of the molecule is CCCCN1C(=O)CCCC(C(=O)OCC)/C=C\1c1ccccc1. The van der Waals surface area contributed by atoms with E-state index in [0.29, 0.717) is 32.4 Å². The fourth-order valence-electron chi connectivity index (χ4n) is 2.96. The molecule has 1 heterocycles. The number of carbonyl (C=O) groups excluding carboxylic acids is 2. The number of hydrogen-bond acceptors (Lipinski definition) is 3. The van der Waals surface area contributed by atoms with Gasteiger partial charge in [0, 0.05) is 18.7 Å². The molecule has 1 aliphatic rings. The Kier molecular flexibility index (Phi) is 7.04. The van der Waals surface area contributed by atoms with Gasteiger partial charge in [0.2, 0.25) is 5.91 Å². The summed E-state index contributed by atoms with van der Waals surface area (Å²) in [5.74, 6) is -0.353. The summed E-state index contributed by atoms with van der Waals surface area (Å²) < 4.78 is 5.22. The third-order valence-corrected chi connectivity index (χ3v) is 4.25. The predicted octanol–water partition coefficient (Wildman–Crippen LogP) is 4.02. The maximum Gasteiger partial charge on any atom is 0.312 e. The molecule has 1 atom stereocenters. The first kappa shape index (κ1) is 18.2. The van der Waals surface area contributed by atoms with E-state index in [-0.39, 0.29) is 17.8 Å². The Morgan fingerprint density at radius 1 is 1.25 bits per heavy atom. The number of rotatable bonds is 6. The summed E-state index contributed by atoms with van der Waals surface area (Å²) in [5.41, 5.74) is 1.81. The highest BCUT2D eigenvalue weighted by molar-refractivity contribution is 5.89. The fourth-order valence-corrected chi connectivity index (χ4v) is 2.96. The van der Waals surface area contributed by atoms with Crippen molar-refractivity contribution in [3.8, 4) is 0 Å². The first-order chi connectivity index (χ1) is 11.7. The summed E-state index contributed by atoms with van der Waals surface area (Å²) in [5, 5.41) is 0. The van der Waals surface area contributed by atoms with Crippen molar-refractivity contribution in [1.29, 1.82) is 0 Å². The number of unbranched alkanes of at least 4 members (excludes halogenated alkanes) is 1. The van der Waals surface area contributed by atoms with Crippen LogP contribution in [0.25, 0.3) is 5.70 Å². The van der Waals surface area contributed by atoms with Crippen LogP contribution in [0, 0.1) is 5.92 Å². The topological polar surface area (TPSA) is 46.6 Å². The lowest BCUT2D eigenvalue weighted by Crippen LogP contribution is -2.33. The van der Waals surface area contributed by atoms with Gasteiger partial charge in [0.05, 0.1) is 12.5 Å². The number of hydrogen-bond donors (Lipinski definition) is 0. The maximum atomic E-state index is 12.6. The van der Waals surface area contributed by atoms with Gasteiger partial charge < -0.3 is 9.64 Å². The van der Waals surface area contributed by atoms with E-state index in [1.807, 2.05) is 48.2 Å². The standard InChI is InChI=1S/C20H27NO3/c1-3-5-14-21-18(16-10-7-6-8-11-16)15-17(20(23)24-4-2)12-9-13-19(21)22/h6-8,10-11,15,17H,3-5,9,12-14H2,1-2H3/b18-15-. The highest BCUT2D eigenvalue weighted by atomic mass is 16.5. The highest BCUT2D eigenvalue weighted by Crippen LogP contribution is 2.28. The van der Waals surface area contributed by atoms with Crippen LogP contribution in [0.1, 0.15) is 51.5 Å². The number of ether oxygens (including phenoxy) is 1. The minimum Gasteiger partial charge on any atom is -0.466 e. The summed E-state index contributed by atoms with van der Waals surface area (Å²) in [7, 11) is 0. The lowest BCUT2D eigenvalue weighted by atomic mass is 9.95. The van der Waals surface area contributed by atoms with E-state index < -0.39 is 0 Å². The average molecular weight is 329 g/mol. The van der Waals surface area contributed by atoms with Gasteiger partial charge in [-0.25, -0.2) is 0 Å². The molecule has 1 amide bonds. The van der Waals surface area contributed by atoms with Gasteiger partial charge in [0.15, 0.2) is 0 Å². The molecule has 1 aliphatic heterocycles. The number of esters is 1. The molecule has 0 saturated carbocycles. The van der Waals surface area contributed by atoms with Crippen molar-refractivity contribution in [3.05, 3.63) is 42.0 Å². The molecule has 1 unspecified atom stereocenters. The summed E-state index contributed by atoms with van der Waals surface area (Å²) in [6.07, 6.45) is 5.74. The van der Waals surface area contributed by atoms with Crippen molar-refractivity contribution in [2.24, 2.45) is 5.92 Å². The van der Waals surface area contributed by atoms with Crippen LogP contribution in [-0.4, -0.2) is 29.9 Å². The summed E-state index contributed by atoms with van der Waals surface area (Å²) >= 11 is 0. The van der Waals surface area contributed by atoms with Crippen LogP contribution in [0.2, 0.25) is 0 Å². The van der Waals surface area contributed by atoms with Gasteiger partial charge >= 0.3 is 5.97 Å². The molecule has 0 bridgehead atoms. The molecule has 2 rings (SSSR count). The quantitative estimate of drug-likeness (QED) is 0.741. The molecule has 0 spiro atoms. The van der Waals surface area contributed by atoms with Crippen LogP contribution in [0.4, 0.5) is 0 Å². The Labute approximate surface area is 144 Å². The van der Waals surface area contributed by atoms with Crippen LogP contribution in [0.3, 0.4) is 0 Å². The van der Waals surface area contributed by atoms with Gasteiger partial charge in [-0.15, -0.1) is 0 Å². The Morgan fingerprint density at radius 3 is 2.67 bits per heavy atom. The summed E-state index contributed by atoms with van der Waals surface area (Å²) in [6.45, 7) is 5.00. The van der Waals surface area contributed by atoms with E-state index in [0.717, 1.165) is 24.1 Å². The molecule has 1 aromatic carbocycles. The van der Waals surface area contributed by atoms with E-state index in [2.05, 4.69) is 6.92 Å². The third-order valence-electron chi connectivity index (χ3n) is 4.25.